The molecule has 0 saturated carbocycles. The Kier molecular flexibility index (Phi) is 3.53. The minimum absolute atomic E-state index is 0.490. The third-order valence-corrected chi connectivity index (χ3v) is 1.85. The Morgan fingerprint density at radius 1 is 1.67 bits per heavy atom. The molecule has 1 aromatic rings. The first-order valence-corrected chi connectivity index (χ1v) is 4.77. The predicted octanol–water partition coefficient (Wildman–Crippen LogP) is 2.42. The first kappa shape index (κ1) is 9.52. The highest BCUT2D eigenvalue weighted by Gasteiger charge is 2.00. The van der Waals surface area contributed by atoms with Crippen LogP contribution in [-0.4, -0.2) is 16.9 Å². The van der Waals surface area contributed by atoms with Gasteiger partial charge < -0.3 is 4.74 Å². The quantitative estimate of drug-likeness (QED) is 0.744. The second kappa shape index (κ2) is 4.45. The van der Waals surface area contributed by atoms with Crippen molar-refractivity contribution in [2.45, 2.75) is 18.2 Å². The summed E-state index contributed by atoms with van der Waals surface area (Å²) in [5, 5.41) is 0. The number of halogens is 1. The van der Waals surface area contributed by atoms with Gasteiger partial charge in [0.25, 0.3) is 0 Å². The molecule has 0 N–H and O–H groups in total. The van der Waals surface area contributed by atoms with E-state index in [2.05, 4.69) is 27.8 Å². The molecule has 0 bridgehead atoms. The van der Waals surface area contributed by atoms with Gasteiger partial charge in [-0.15, -0.1) is 0 Å². The Morgan fingerprint density at radius 2 is 2.42 bits per heavy atom. The molecule has 3 heteroatoms. The molecule has 0 amide bonds. The Hall–Kier alpha value is -0.570. The molecular weight excluding hydrogens is 218 g/mol. The second-order valence-corrected chi connectivity index (χ2v) is 4.25. The van der Waals surface area contributed by atoms with E-state index in [0.717, 1.165) is 6.42 Å². The molecule has 1 unspecified atom stereocenters. The molecule has 1 rings (SSSR count). The van der Waals surface area contributed by atoms with Crippen LogP contribution in [-0.2, 0) is 6.42 Å². The molecular formula is C9H12BrNO. The van der Waals surface area contributed by atoms with Crippen molar-refractivity contribution in [2.24, 2.45) is 0 Å². The number of ether oxygens (including phenoxy) is 1. The molecule has 0 aliphatic rings. The zero-order chi connectivity index (χ0) is 8.97. The zero-order valence-corrected chi connectivity index (χ0v) is 8.84. The number of pyridine rings is 1. The normalized spacial score (nSPS) is 12.6. The summed E-state index contributed by atoms with van der Waals surface area (Å²) in [6.45, 7) is 2.12. The van der Waals surface area contributed by atoms with Gasteiger partial charge in [-0.05, 0) is 18.1 Å². The van der Waals surface area contributed by atoms with Crippen molar-refractivity contribution < 1.29 is 4.74 Å². The fourth-order valence-corrected chi connectivity index (χ4v) is 1.39. The van der Waals surface area contributed by atoms with Crippen LogP contribution in [0.4, 0.5) is 0 Å². The van der Waals surface area contributed by atoms with E-state index in [1.54, 1.807) is 13.3 Å². The molecule has 1 heterocycles. The van der Waals surface area contributed by atoms with Gasteiger partial charge in [0.2, 0.25) is 5.88 Å². The Balaban J connectivity index is 2.72. The number of aromatic nitrogens is 1. The highest BCUT2D eigenvalue weighted by Crippen LogP contribution is 2.13. The van der Waals surface area contributed by atoms with E-state index in [0.29, 0.717) is 10.7 Å². The van der Waals surface area contributed by atoms with Crippen molar-refractivity contribution in [1.29, 1.82) is 0 Å². The number of nitrogens with zero attached hydrogens (tertiary/aromatic N) is 1. The van der Waals surface area contributed by atoms with Gasteiger partial charge in [-0.1, -0.05) is 22.9 Å². The molecule has 0 fully saturated rings. The van der Waals surface area contributed by atoms with Gasteiger partial charge in [-0.25, -0.2) is 4.98 Å². The zero-order valence-electron chi connectivity index (χ0n) is 7.25. The van der Waals surface area contributed by atoms with E-state index in [-0.39, 0.29) is 0 Å². The molecule has 0 aliphatic heterocycles. The standard InChI is InChI=1S/C9H12BrNO/c1-7(10)5-8-3-4-11-9(6-8)12-2/h3-4,6-7H,5H2,1-2H3. The van der Waals surface area contributed by atoms with E-state index in [1.807, 2.05) is 12.1 Å². The molecule has 12 heavy (non-hydrogen) atoms. The van der Waals surface area contributed by atoms with Crippen LogP contribution in [0, 0.1) is 0 Å². The summed E-state index contributed by atoms with van der Waals surface area (Å²) in [5.41, 5.74) is 1.24. The van der Waals surface area contributed by atoms with Gasteiger partial charge in [0.1, 0.15) is 0 Å². The Labute approximate surface area is 81.1 Å². The first-order valence-electron chi connectivity index (χ1n) is 3.85. The van der Waals surface area contributed by atoms with Crippen molar-refractivity contribution in [1.82, 2.24) is 4.98 Å². The van der Waals surface area contributed by atoms with Crippen molar-refractivity contribution in [3.8, 4) is 5.88 Å². The molecule has 66 valence electrons. The summed E-state index contributed by atoms with van der Waals surface area (Å²) >= 11 is 3.50. The van der Waals surface area contributed by atoms with Gasteiger partial charge in [0.05, 0.1) is 7.11 Å². The lowest BCUT2D eigenvalue weighted by Gasteiger charge is -2.04. The van der Waals surface area contributed by atoms with E-state index < -0.39 is 0 Å². The molecule has 0 aliphatic carbocycles. The monoisotopic (exact) mass is 229 g/mol. The lowest BCUT2D eigenvalue weighted by Crippen LogP contribution is -1.97. The Bertz CT molecular complexity index is 250. The van der Waals surface area contributed by atoms with Crippen molar-refractivity contribution in [3.05, 3.63) is 23.9 Å². The van der Waals surface area contributed by atoms with Crippen molar-refractivity contribution in [2.75, 3.05) is 7.11 Å². The Morgan fingerprint density at radius 3 is 3.00 bits per heavy atom. The van der Waals surface area contributed by atoms with Crippen LogP contribution < -0.4 is 4.74 Å². The fraction of sp³-hybridized carbons (Fsp3) is 0.444. The van der Waals surface area contributed by atoms with Crippen LogP contribution in [0.1, 0.15) is 12.5 Å². The number of hydrogen-bond donors (Lipinski definition) is 0. The molecule has 0 radical (unpaired) electrons. The van der Waals surface area contributed by atoms with Crippen LogP contribution >= 0.6 is 15.9 Å². The van der Waals surface area contributed by atoms with E-state index >= 15 is 0 Å². The van der Waals surface area contributed by atoms with Crippen molar-refractivity contribution >= 4 is 15.9 Å². The van der Waals surface area contributed by atoms with Crippen LogP contribution in [0.2, 0.25) is 0 Å². The van der Waals surface area contributed by atoms with Gasteiger partial charge in [0.15, 0.2) is 0 Å². The molecule has 0 spiro atoms. The fourth-order valence-electron chi connectivity index (χ4n) is 1.01. The number of alkyl halides is 1. The predicted molar refractivity (Wildman–Crippen MR) is 52.9 cm³/mol. The molecule has 1 atom stereocenters. The van der Waals surface area contributed by atoms with Crippen LogP contribution in [0.25, 0.3) is 0 Å². The number of hydrogen-bond acceptors (Lipinski definition) is 2. The molecule has 0 saturated heterocycles. The SMILES string of the molecule is COc1cc(CC(C)Br)ccn1. The molecule has 2 nitrogen and oxygen atoms in total. The third-order valence-electron chi connectivity index (χ3n) is 1.53. The summed E-state index contributed by atoms with van der Waals surface area (Å²) in [4.78, 5) is 4.52. The maximum atomic E-state index is 5.01. The average Bonchev–Trinajstić information content (AvgIpc) is 2.03. The molecule has 0 aromatic carbocycles. The van der Waals surface area contributed by atoms with Gasteiger partial charge in [-0.3, -0.25) is 0 Å². The van der Waals surface area contributed by atoms with Gasteiger partial charge >= 0.3 is 0 Å². The van der Waals surface area contributed by atoms with E-state index in [4.69, 9.17) is 4.74 Å². The maximum Gasteiger partial charge on any atom is 0.213 e. The van der Waals surface area contributed by atoms with Crippen LogP contribution in [0.3, 0.4) is 0 Å². The topological polar surface area (TPSA) is 22.1 Å². The largest absolute Gasteiger partial charge is 0.481 e. The molecule has 1 aromatic heterocycles. The number of methoxy groups -OCH3 is 1. The summed E-state index contributed by atoms with van der Waals surface area (Å²) in [5.74, 6) is 0.681. The lowest BCUT2D eigenvalue weighted by atomic mass is 10.1. The van der Waals surface area contributed by atoms with Crippen LogP contribution in [0.15, 0.2) is 18.3 Å². The lowest BCUT2D eigenvalue weighted by molar-refractivity contribution is 0.397. The smallest absolute Gasteiger partial charge is 0.213 e. The second-order valence-electron chi connectivity index (χ2n) is 2.69. The maximum absolute atomic E-state index is 5.01. The minimum atomic E-state index is 0.490. The highest BCUT2D eigenvalue weighted by atomic mass is 79.9. The summed E-state index contributed by atoms with van der Waals surface area (Å²) < 4.78 is 5.01. The summed E-state index contributed by atoms with van der Waals surface area (Å²) in [6, 6.07) is 3.96. The minimum Gasteiger partial charge on any atom is -0.481 e. The van der Waals surface area contributed by atoms with Gasteiger partial charge in [0, 0.05) is 17.1 Å². The average molecular weight is 230 g/mol. The van der Waals surface area contributed by atoms with Gasteiger partial charge in [-0.2, -0.15) is 0 Å². The highest BCUT2D eigenvalue weighted by molar-refractivity contribution is 9.09. The number of rotatable bonds is 3. The first-order chi connectivity index (χ1) is 5.72. The summed E-state index contributed by atoms with van der Waals surface area (Å²) in [7, 11) is 1.63. The van der Waals surface area contributed by atoms with Crippen molar-refractivity contribution in [3.63, 3.8) is 0 Å². The van der Waals surface area contributed by atoms with E-state index in [9.17, 15) is 0 Å². The van der Waals surface area contributed by atoms with Crippen LogP contribution in [0.5, 0.6) is 5.88 Å². The third kappa shape index (κ3) is 2.81. The van der Waals surface area contributed by atoms with E-state index in [1.165, 1.54) is 5.56 Å². The summed E-state index contributed by atoms with van der Waals surface area (Å²) in [6.07, 6.45) is 2.77.